The van der Waals surface area contributed by atoms with Crippen LogP contribution in [-0.4, -0.2) is 18.8 Å². The summed E-state index contributed by atoms with van der Waals surface area (Å²) in [6.07, 6.45) is 1.81. The summed E-state index contributed by atoms with van der Waals surface area (Å²) >= 11 is 7.64. The Morgan fingerprint density at radius 1 is 1.36 bits per heavy atom. The first-order chi connectivity index (χ1) is 10.7. The molecule has 1 amide bonds. The van der Waals surface area contributed by atoms with E-state index in [9.17, 15) is 4.79 Å². The zero-order chi connectivity index (χ0) is 15.9. The number of methoxy groups -OCH3 is 1. The molecular weight excluding hydrogens is 318 g/mol. The number of hydrogen-bond acceptors (Lipinski definition) is 3. The molecule has 2 rings (SSSR count). The van der Waals surface area contributed by atoms with Gasteiger partial charge in [-0.15, -0.1) is 18.3 Å². The molecule has 0 aliphatic carbocycles. The third kappa shape index (κ3) is 4.06. The highest BCUT2D eigenvalue weighted by Crippen LogP contribution is 2.28. The summed E-state index contributed by atoms with van der Waals surface area (Å²) in [7, 11) is 1.55. The summed E-state index contributed by atoms with van der Waals surface area (Å²) in [5.74, 6) is 1.15. The Labute approximate surface area is 139 Å². The molecule has 0 aliphatic heterocycles. The van der Waals surface area contributed by atoms with E-state index in [2.05, 4.69) is 11.9 Å². The summed E-state index contributed by atoms with van der Waals surface area (Å²) in [6, 6.07) is 12.6. The van der Waals surface area contributed by atoms with Crippen molar-refractivity contribution in [2.75, 3.05) is 18.2 Å². The lowest BCUT2D eigenvalue weighted by molar-refractivity contribution is 0.102. The van der Waals surface area contributed by atoms with Gasteiger partial charge in [0.2, 0.25) is 0 Å². The number of anilines is 1. The Kier molecular flexibility index (Phi) is 5.92. The molecule has 3 nitrogen and oxygen atoms in total. The molecule has 22 heavy (non-hydrogen) atoms. The van der Waals surface area contributed by atoms with E-state index in [0.29, 0.717) is 22.0 Å². The lowest BCUT2D eigenvalue weighted by Gasteiger charge is -2.10. The highest BCUT2D eigenvalue weighted by Gasteiger charge is 2.12. The number of benzene rings is 2. The maximum absolute atomic E-state index is 12.4. The molecule has 0 saturated heterocycles. The molecule has 0 atom stereocenters. The van der Waals surface area contributed by atoms with Crippen LogP contribution in [0.2, 0.25) is 5.02 Å². The topological polar surface area (TPSA) is 38.3 Å². The molecule has 1 N–H and O–H groups in total. The Balaban J connectivity index is 2.18. The van der Waals surface area contributed by atoms with Crippen LogP contribution in [0, 0.1) is 0 Å². The molecule has 0 heterocycles. The number of ether oxygens (including phenoxy) is 1. The fourth-order valence-corrected chi connectivity index (χ4v) is 2.92. The molecule has 0 radical (unpaired) electrons. The molecule has 0 saturated carbocycles. The first-order valence-electron chi connectivity index (χ1n) is 6.63. The zero-order valence-electron chi connectivity index (χ0n) is 12.1. The fraction of sp³-hybridized carbons (Fsp3) is 0.118. The van der Waals surface area contributed by atoms with Gasteiger partial charge < -0.3 is 10.1 Å². The standard InChI is InChI=1S/C17H16ClNO2S/c1-3-10-22-16-7-5-4-6-13(16)17(20)19-12-8-9-15(21-2)14(18)11-12/h3-9,11H,1,10H2,2H3,(H,19,20). The van der Waals surface area contributed by atoms with Gasteiger partial charge in [0.25, 0.3) is 5.91 Å². The monoisotopic (exact) mass is 333 g/mol. The average molecular weight is 334 g/mol. The van der Waals surface area contributed by atoms with Gasteiger partial charge in [0.05, 0.1) is 17.7 Å². The van der Waals surface area contributed by atoms with Crippen molar-refractivity contribution in [1.29, 1.82) is 0 Å². The number of nitrogens with one attached hydrogen (secondary N) is 1. The molecule has 0 fully saturated rings. The van der Waals surface area contributed by atoms with Gasteiger partial charge in [-0.1, -0.05) is 29.8 Å². The second kappa shape index (κ2) is 7.92. The third-order valence-electron chi connectivity index (χ3n) is 2.90. The molecule has 5 heteroatoms. The first kappa shape index (κ1) is 16.5. The Hall–Kier alpha value is -1.91. The van der Waals surface area contributed by atoms with Crippen LogP contribution in [-0.2, 0) is 0 Å². The molecule has 0 aliphatic rings. The summed E-state index contributed by atoms with van der Waals surface area (Å²) < 4.78 is 5.10. The van der Waals surface area contributed by atoms with Crippen molar-refractivity contribution < 1.29 is 9.53 Å². The van der Waals surface area contributed by atoms with Crippen LogP contribution in [0.4, 0.5) is 5.69 Å². The summed E-state index contributed by atoms with van der Waals surface area (Å²) in [4.78, 5) is 13.4. The second-order valence-electron chi connectivity index (χ2n) is 4.40. The van der Waals surface area contributed by atoms with Gasteiger partial charge in [0, 0.05) is 16.3 Å². The predicted molar refractivity (Wildman–Crippen MR) is 93.3 cm³/mol. The number of carbonyl (C=O) groups excluding carboxylic acids is 1. The van der Waals surface area contributed by atoms with Crippen LogP contribution in [0.1, 0.15) is 10.4 Å². The largest absolute Gasteiger partial charge is 0.495 e. The van der Waals surface area contributed by atoms with Crippen LogP contribution >= 0.6 is 23.4 Å². The normalized spacial score (nSPS) is 10.1. The third-order valence-corrected chi connectivity index (χ3v) is 4.26. The van der Waals surface area contributed by atoms with E-state index in [0.717, 1.165) is 10.6 Å². The molecule has 0 aromatic heterocycles. The molecule has 114 valence electrons. The Bertz CT molecular complexity index is 688. The van der Waals surface area contributed by atoms with Gasteiger partial charge in [-0.3, -0.25) is 4.79 Å². The highest BCUT2D eigenvalue weighted by molar-refractivity contribution is 7.99. The second-order valence-corrected chi connectivity index (χ2v) is 5.87. The zero-order valence-corrected chi connectivity index (χ0v) is 13.7. The van der Waals surface area contributed by atoms with Crippen molar-refractivity contribution >= 4 is 35.0 Å². The van der Waals surface area contributed by atoms with Crippen molar-refractivity contribution in [3.8, 4) is 5.75 Å². The SMILES string of the molecule is C=CCSc1ccccc1C(=O)Nc1ccc(OC)c(Cl)c1. The Morgan fingerprint density at radius 2 is 2.14 bits per heavy atom. The van der Waals surface area contributed by atoms with E-state index in [-0.39, 0.29) is 5.91 Å². The minimum atomic E-state index is -0.173. The number of carbonyl (C=O) groups is 1. The minimum Gasteiger partial charge on any atom is -0.495 e. The predicted octanol–water partition coefficient (Wildman–Crippen LogP) is 4.88. The van der Waals surface area contributed by atoms with Gasteiger partial charge in [0.15, 0.2) is 0 Å². The van der Waals surface area contributed by atoms with E-state index >= 15 is 0 Å². The van der Waals surface area contributed by atoms with E-state index in [1.165, 1.54) is 0 Å². The van der Waals surface area contributed by atoms with Gasteiger partial charge >= 0.3 is 0 Å². The van der Waals surface area contributed by atoms with Crippen molar-refractivity contribution in [3.63, 3.8) is 0 Å². The van der Waals surface area contributed by atoms with Crippen LogP contribution in [0.15, 0.2) is 60.0 Å². The summed E-state index contributed by atoms with van der Waals surface area (Å²) in [5.41, 5.74) is 1.25. The van der Waals surface area contributed by atoms with Crippen LogP contribution in [0.5, 0.6) is 5.75 Å². The number of hydrogen-bond donors (Lipinski definition) is 1. The van der Waals surface area contributed by atoms with Crippen LogP contribution in [0.3, 0.4) is 0 Å². The number of rotatable bonds is 6. The van der Waals surface area contributed by atoms with Crippen molar-refractivity contribution in [2.45, 2.75) is 4.90 Å². The van der Waals surface area contributed by atoms with Gasteiger partial charge in [-0.2, -0.15) is 0 Å². The van der Waals surface area contributed by atoms with E-state index in [1.807, 2.05) is 24.3 Å². The minimum absolute atomic E-state index is 0.173. The quantitative estimate of drug-likeness (QED) is 0.605. The van der Waals surface area contributed by atoms with Gasteiger partial charge in [-0.25, -0.2) is 0 Å². The fourth-order valence-electron chi connectivity index (χ4n) is 1.87. The summed E-state index contributed by atoms with van der Waals surface area (Å²) in [6.45, 7) is 3.70. The Morgan fingerprint density at radius 3 is 2.82 bits per heavy atom. The first-order valence-corrected chi connectivity index (χ1v) is 7.99. The van der Waals surface area contributed by atoms with E-state index < -0.39 is 0 Å². The maximum Gasteiger partial charge on any atom is 0.256 e. The van der Waals surface area contributed by atoms with Crippen LogP contribution in [0.25, 0.3) is 0 Å². The van der Waals surface area contributed by atoms with E-state index in [1.54, 1.807) is 43.1 Å². The molecule has 2 aromatic carbocycles. The van der Waals surface area contributed by atoms with Crippen LogP contribution < -0.4 is 10.1 Å². The van der Waals surface area contributed by atoms with Crippen molar-refractivity contribution in [3.05, 3.63) is 65.7 Å². The smallest absolute Gasteiger partial charge is 0.256 e. The molecule has 2 aromatic rings. The summed E-state index contributed by atoms with van der Waals surface area (Å²) in [5, 5.41) is 3.30. The van der Waals surface area contributed by atoms with Crippen molar-refractivity contribution in [1.82, 2.24) is 0 Å². The molecule has 0 spiro atoms. The highest BCUT2D eigenvalue weighted by atomic mass is 35.5. The average Bonchev–Trinajstić information content (AvgIpc) is 2.53. The van der Waals surface area contributed by atoms with Gasteiger partial charge in [0.1, 0.15) is 5.75 Å². The van der Waals surface area contributed by atoms with Gasteiger partial charge in [-0.05, 0) is 30.3 Å². The molecule has 0 unspecified atom stereocenters. The van der Waals surface area contributed by atoms with Crippen molar-refractivity contribution in [2.24, 2.45) is 0 Å². The lowest BCUT2D eigenvalue weighted by Crippen LogP contribution is -2.13. The molecule has 0 bridgehead atoms. The number of thioether (sulfide) groups is 1. The molecular formula is C17H16ClNO2S. The number of amides is 1. The lowest BCUT2D eigenvalue weighted by atomic mass is 10.2. The van der Waals surface area contributed by atoms with E-state index in [4.69, 9.17) is 16.3 Å². The maximum atomic E-state index is 12.4. The number of halogens is 1.